The van der Waals surface area contributed by atoms with Crippen molar-refractivity contribution < 1.29 is 19.1 Å². The lowest BCUT2D eigenvalue weighted by Crippen LogP contribution is -2.21. The first-order chi connectivity index (χ1) is 9.07. The maximum Gasteiger partial charge on any atom is 0.330 e. The molecule has 0 rings (SSSR count). The van der Waals surface area contributed by atoms with Crippen LogP contribution in [-0.2, 0) is 19.1 Å². The van der Waals surface area contributed by atoms with Gasteiger partial charge in [-0.2, -0.15) is 0 Å². The van der Waals surface area contributed by atoms with Crippen LogP contribution in [0.5, 0.6) is 0 Å². The predicted octanol–water partition coefficient (Wildman–Crippen LogP) is 3.38. The third-order valence-corrected chi connectivity index (χ3v) is 2.87. The minimum absolute atomic E-state index is 0.153. The monoisotopic (exact) mass is 268 g/mol. The average Bonchev–Trinajstić information content (AvgIpc) is 2.38. The summed E-state index contributed by atoms with van der Waals surface area (Å²) in [6, 6.07) is 0. The van der Waals surface area contributed by atoms with Gasteiger partial charge in [0.2, 0.25) is 0 Å². The lowest BCUT2D eigenvalue weighted by atomic mass is 9.92. The van der Waals surface area contributed by atoms with Crippen LogP contribution in [0.1, 0.15) is 46.0 Å². The summed E-state index contributed by atoms with van der Waals surface area (Å²) in [4.78, 5) is 22.7. The number of ether oxygens (including phenoxy) is 2. The number of hydrogen-bond acceptors (Lipinski definition) is 4. The van der Waals surface area contributed by atoms with Gasteiger partial charge in [-0.15, -0.1) is 0 Å². The molecule has 0 aliphatic heterocycles. The van der Waals surface area contributed by atoms with E-state index in [-0.39, 0.29) is 18.0 Å². The zero-order chi connectivity index (χ0) is 14.7. The van der Waals surface area contributed by atoms with Gasteiger partial charge in [0.1, 0.15) is 6.10 Å². The van der Waals surface area contributed by atoms with Gasteiger partial charge in [0, 0.05) is 12.5 Å². The molecule has 0 radical (unpaired) electrons. The van der Waals surface area contributed by atoms with Crippen LogP contribution in [0.15, 0.2) is 25.5 Å². The summed E-state index contributed by atoms with van der Waals surface area (Å²) < 4.78 is 9.98. The molecule has 0 aliphatic rings. The summed E-state index contributed by atoms with van der Waals surface area (Å²) in [5, 5.41) is 0. The quantitative estimate of drug-likeness (QED) is 0.346. The van der Waals surface area contributed by atoms with Crippen LogP contribution in [0.25, 0.3) is 0 Å². The molecule has 0 fully saturated rings. The Balaban J connectivity index is 4.42. The second kappa shape index (κ2) is 10.4. The van der Waals surface area contributed by atoms with E-state index in [1.54, 1.807) is 0 Å². The van der Waals surface area contributed by atoms with Gasteiger partial charge in [0.05, 0.1) is 6.26 Å². The maximum atomic E-state index is 11.5. The molecule has 4 nitrogen and oxygen atoms in total. The normalized spacial score (nSPS) is 13.2. The summed E-state index contributed by atoms with van der Waals surface area (Å²) >= 11 is 0. The molecule has 108 valence electrons. The summed E-state index contributed by atoms with van der Waals surface area (Å²) in [6.07, 6.45) is 5.68. The molecule has 2 unspecified atom stereocenters. The molecule has 4 heteroatoms. The van der Waals surface area contributed by atoms with Gasteiger partial charge >= 0.3 is 11.9 Å². The van der Waals surface area contributed by atoms with Crippen molar-refractivity contribution >= 4 is 11.9 Å². The smallest absolute Gasteiger partial charge is 0.330 e. The van der Waals surface area contributed by atoms with E-state index in [4.69, 9.17) is 9.47 Å². The van der Waals surface area contributed by atoms with Crippen molar-refractivity contribution in [2.45, 2.75) is 52.1 Å². The Kier molecular flexibility index (Phi) is 9.49. The van der Waals surface area contributed by atoms with E-state index in [9.17, 15) is 9.59 Å². The highest BCUT2D eigenvalue weighted by atomic mass is 16.5. The first-order valence-corrected chi connectivity index (χ1v) is 6.70. The number of carbonyl (C=O) groups is 2. The minimum Gasteiger partial charge on any atom is -0.459 e. The highest BCUT2D eigenvalue weighted by Gasteiger charge is 2.20. The van der Waals surface area contributed by atoms with Crippen molar-refractivity contribution in [1.82, 2.24) is 0 Å². The van der Waals surface area contributed by atoms with Gasteiger partial charge in [0.15, 0.2) is 0 Å². The van der Waals surface area contributed by atoms with Crippen LogP contribution in [0.2, 0.25) is 0 Å². The summed E-state index contributed by atoms with van der Waals surface area (Å²) in [7, 11) is 0. The molecule has 0 aliphatic carbocycles. The van der Waals surface area contributed by atoms with Crippen molar-refractivity contribution in [2.75, 3.05) is 0 Å². The predicted molar refractivity (Wildman–Crippen MR) is 74.3 cm³/mol. The van der Waals surface area contributed by atoms with E-state index in [1.807, 2.05) is 6.92 Å². The van der Waals surface area contributed by atoms with E-state index >= 15 is 0 Å². The van der Waals surface area contributed by atoms with Gasteiger partial charge < -0.3 is 9.47 Å². The van der Waals surface area contributed by atoms with Crippen molar-refractivity contribution in [3.05, 3.63) is 25.5 Å². The topological polar surface area (TPSA) is 52.6 Å². The van der Waals surface area contributed by atoms with Crippen LogP contribution >= 0.6 is 0 Å². The van der Waals surface area contributed by atoms with Gasteiger partial charge in [-0.05, 0) is 18.8 Å². The molecule has 2 atom stereocenters. The van der Waals surface area contributed by atoms with Crippen LogP contribution < -0.4 is 0 Å². The molecule has 0 aromatic carbocycles. The number of esters is 2. The Bertz CT molecular complexity index is 309. The molecule has 0 N–H and O–H groups in total. The highest BCUT2D eigenvalue weighted by molar-refractivity contribution is 5.81. The van der Waals surface area contributed by atoms with E-state index < -0.39 is 5.97 Å². The fourth-order valence-corrected chi connectivity index (χ4v) is 1.97. The van der Waals surface area contributed by atoms with E-state index in [1.165, 1.54) is 0 Å². The molecule has 0 aromatic heterocycles. The molecule has 0 heterocycles. The van der Waals surface area contributed by atoms with Crippen LogP contribution in [0.3, 0.4) is 0 Å². The number of carbonyl (C=O) groups excluding carboxylic acids is 2. The van der Waals surface area contributed by atoms with Crippen molar-refractivity contribution in [3.8, 4) is 0 Å². The summed E-state index contributed by atoms with van der Waals surface area (Å²) in [5.74, 6) is -0.561. The SMILES string of the molecule is C=COC(=O)CC(CCC)CC(CC)OC(=O)C=C. The fourth-order valence-electron chi connectivity index (χ4n) is 1.97. The average molecular weight is 268 g/mol. The molecule has 19 heavy (non-hydrogen) atoms. The standard InChI is InChI=1S/C15H24O4/c1-5-9-12(11-15(17)18-8-4)10-13(6-2)19-14(16)7-3/h7-8,12-13H,3-6,9-11H2,1-2H3. The Morgan fingerprint density at radius 2 is 1.95 bits per heavy atom. The lowest BCUT2D eigenvalue weighted by Gasteiger charge is -2.21. The minimum atomic E-state index is -0.421. The third kappa shape index (κ3) is 8.19. The Labute approximate surface area is 115 Å². The molecule has 0 spiro atoms. The van der Waals surface area contributed by atoms with Crippen LogP contribution in [0.4, 0.5) is 0 Å². The second-order valence-electron chi connectivity index (χ2n) is 4.42. The first kappa shape index (κ1) is 17.4. The first-order valence-electron chi connectivity index (χ1n) is 6.70. The molecule has 0 saturated carbocycles. The Morgan fingerprint density at radius 3 is 2.42 bits per heavy atom. The van der Waals surface area contributed by atoms with Gasteiger partial charge in [0.25, 0.3) is 0 Å². The molecule has 0 aromatic rings. The van der Waals surface area contributed by atoms with E-state index in [0.717, 1.165) is 31.6 Å². The second-order valence-corrected chi connectivity index (χ2v) is 4.42. The maximum absolute atomic E-state index is 11.5. The van der Waals surface area contributed by atoms with E-state index in [2.05, 4.69) is 20.1 Å². The fraction of sp³-hybridized carbons (Fsp3) is 0.600. The van der Waals surface area contributed by atoms with Crippen LogP contribution in [-0.4, -0.2) is 18.0 Å². The summed E-state index contributed by atoms with van der Waals surface area (Å²) in [5.41, 5.74) is 0. The largest absolute Gasteiger partial charge is 0.459 e. The zero-order valence-electron chi connectivity index (χ0n) is 11.9. The van der Waals surface area contributed by atoms with Crippen LogP contribution in [0, 0.1) is 5.92 Å². The molecule has 0 amide bonds. The van der Waals surface area contributed by atoms with Crippen molar-refractivity contribution in [2.24, 2.45) is 5.92 Å². The van der Waals surface area contributed by atoms with Crippen molar-refractivity contribution in [3.63, 3.8) is 0 Å². The molecule has 0 bridgehead atoms. The number of hydrogen-bond donors (Lipinski definition) is 0. The third-order valence-electron chi connectivity index (χ3n) is 2.87. The Morgan fingerprint density at radius 1 is 1.26 bits per heavy atom. The van der Waals surface area contributed by atoms with Crippen molar-refractivity contribution in [1.29, 1.82) is 0 Å². The molecular formula is C15H24O4. The van der Waals surface area contributed by atoms with E-state index in [0.29, 0.717) is 12.8 Å². The Hall–Kier alpha value is -1.58. The zero-order valence-corrected chi connectivity index (χ0v) is 11.9. The highest BCUT2D eigenvalue weighted by Crippen LogP contribution is 2.21. The lowest BCUT2D eigenvalue weighted by molar-refractivity contribution is -0.144. The molecule has 0 saturated heterocycles. The van der Waals surface area contributed by atoms with Gasteiger partial charge in [-0.25, -0.2) is 4.79 Å². The van der Waals surface area contributed by atoms with Gasteiger partial charge in [-0.3, -0.25) is 4.79 Å². The van der Waals surface area contributed by atoms with Gasteiger partial charge in [-0.1, -0.05) is 39.8 Å². The number of rotatable bonds is 10. The summed E-state index contributed by atoms with van der Waals surface area (Å²) in [6.45, 7) is 10.7. The molecular weight excluding hydrogens is 244 g/mol.